The number of amides is 1. The predicted molar refractivity (Wildman–Crippen MR) is 171 cm³/mol. The van der Waals surface area contributed by atoms with Gasteiger partial charge in [-0.3, -0.25) is 14.9 Å². The Morgan fingerprint density at radius 1 is 0.932 bits per heavy atom. The number of piperazine rings is 1. The van der Waals surface area contributed by atoms with E-state index in [1.807, 2.05) is 11.5 Å². The Morgan fingerprint density at radius 2 is 1.59 bits per heavy atom. The van der Waals surface area contributed by atoms with Gasteiger partial charge in [0.2, 0.25) is 5.95 Å². The predicted octanol–water partition coefficient (Wildman–Crippen LogP) is 5.97. The highest BCUT2D eigenvalue weighted by molar-refractivity contribution is 6.35. The number of imidazole rings is 1. The lowest BCUT2D eigenvalue weighted by atomic mass is 10.1. The molecule has 2 aromatic heterocycles. The number of halogens is 2. The molecular formula is C31H28Cl2N8O3. The molecule has 0 spiro atoms. The van der Waals surface area contributed by atoms with E-state index in [0.29, 0.717) is 77.8 Å². The van der Waals surface area contributed by atoms with Gasteiger partial charge in [-0.25, -0.2) is 4.98 Å². The van der Waals surface area contributed by atoms with Gasteiger partial charge in [0.15, 0.2) is 17.0 Å². The Balaban J connectivity index is 1.26. The fraction of sp³-hybridized carbons (Fsp3) is 0.226. The SMILES string of the molecule is Cc1ccc(CNc2nc(N3CCN(C(=O)c4cc(Cl)cc(Cl)c4)CC3)nc3c2ncn3Cc2ccc([N+](=O)[O-])cc2)cc1. The minimum atomic E-state index is -0.417. The van der Waals surface area contributed by atoms with E-state index in [4.69, 9.17) is 33.2 Å². The molecule has 3 heterocycles. The maximum atomic E-state index is 13.2. The average molecular weight is 632 g/mol. The van der Waals surface area contributed by atoms with E-state index in [1.54, 1.807) is 41.6 Å². The van der Waals surface area contributed by atoms with Gasteiger partial charge in [0, 0.05) is 60.5 Å². The second-order valence-corrected chi connectivity index (χ2v) is 11.5. The maximum Gasteiger partial charge on any atom is 0.269 e. The molecule has 1 aliphatic rings. The lowest BCUT2D eigenvalue weighted by molar-refractivity contribution is -0.384. The van der Waals surface area contributed by atoms with Crippen molar-refractivity contribution in [2.45, 2.75) is 20.0 Å². The lowest BCUT2D eigenvalue weighted by Gasteiger charge is -2.35. The number of anilines is 2. The van der Waals surface area contributed by atoms with Crippen molar-refractivity contribution in [3.8, 4) is 0 Å². The molecule has 1 N–H and O–H groups in total. The largest absolute Gasteiger partial charge is 0.364 e. The molecule has 0 atom stereocenters. The first-order chi connectivity index (χ1) is 21.2. The Bertz CT molecular complexity index is 1820. The summed E-state index contributed by atoms with van der Waals surface area (Å²) in [5.74, 6) is 0.986. The first-order valence-electron chi connectivity index (χ1n) is 14.0. The van der Waals surface area contributed by atoms with Crippen molar-refractivity contribution in [2.75, 3.05) is 36.4 Å². The summed E-state index contributed by atoms with van der Waals surface area (Å²) in [6.45, 7) is 5.01. The van der Waals surface area contributed by atoms with E-state index in [0.717, 1.165) is 11.1 Å². The Labute approximate surface area is 263 Å². The van der Waals surface area contributed by atoms with Crippen LogP contribution in [0.1, 0.15) is 27.0 Å². The second-order valence-electron chi connectivity index (χ2n) is 10.6. The van der Waals surface area contributed by atoms with E-state index in [-0.39, 0.29) is 11.6 Å². The number of aryl methyl sites for hydroxylation is 1. The van der Waals surface area contributed by atoms with Crippen molar-refractivity contribution < 1.29 is 9.72 Å². The summed E-state index contributed by atoms with van der Waals surface area (Å²) in [4.78, 5) is 42.1. The van der Waals surface area contributed by atoms with E-state index >= 15 is 0 Å². The second kappa shape index (κ2) is 12.5. The van der Waals surface area contributed by atoms with Gasteiger partial charge in [0.05, 0.1) is 17.8 Å². The summed E-state index contributed by atoms with van der Waals surface area (Å²) in [5.41, 5.74) is 4.89. The van der Waals surface area contributed by atoms with Crippen LogP contribution in [-0.2, 0) is 13.1 Å². The molecule has 1 amide bonds. The van der Waals surface area contributed by atoms with Gasteiger partial charge >= 0.3 is 0 Å². The molecule has 1 aliphatic heterocycles. The van der Waals surface area contributed by atoms with Crippen LogP contribution < -0.4 is 10.2 Å². The number of nitrogens with one attached hydrogen (secondary N) is 1. The standard InChI is InChI=1S/C31H28Cl2N8O3/c1-20-2-4-21(5-3-20)17-34-28-27-29(40(19-35-27)18-22-6-8-26(9-7-22)41(43)44)37-31(36-28)39-12-10-38(11-13-39)30(42)23-14-24(32)16-25(33)15-23/h2-9,14-16,19H,10-13,17-18H2,1H3,(H,34,36,37). The summed E-state index contributed by atoms with van der Waals surface area (Å²) in [7, 11) is 0. The summed E-state index contributed by atoms with van der Waals surface area (Å²) >= 11 is 12.2. The van der Waals surface area contributed by atoms with E-state index in [2.05, 4.69) is 39.5 Å². The highest BCUT2D eigenvalue weighted by Gasteiger charge is 2.25. The van der Waals surface area contributed by atoms with E-state index in [9.17, 15) is 14.9 Å². The average Bonchev–Trinajstić information content (AvgIpc) is 3.42. The van der Waals surface area contributed by atoms with Crippen molar-refractivity contribution in [2.24, 2.45) is 0 Å². The number of nitro groups is 1. The van der Waals surface area contributed by atoms with Crippen molar-refractivity contribution in [1.82, 2.24) is 24.4 Å². The minimum absolute atomic E-state index is 0.0347. The van der Waals surface area contributed by atoms with Crippen molar-refractivity contribution in [1.29, 1.82) is 0 Å². The molecule has 0 unspecified atom stereocenters. The zero-order valence-corrected chi connectivity index (χ0v) is 25.3. The van der Waals surface area contributed by atoms with Crippen LogP contribution in [0, 0.1) is 17.0 Å². The lowest BCUT2D eigenvalue weighted by Crippen LogP contribution is -2.49. The number of aromatic nitrogens is 4. The monoisotopic (exact) mass is 630 g/mol. The number of carbonyl (C=O) groups excluding carboxylic acids is 1. The number of nitro benzene ring substituents is 1. The van der Waals surface area contributed by atoms with Gasteiger partial charge < -0.3 is 19.7 Å². The first-order valence-corrected chi connectivity index (χ1v) is 14.7. The van der Waals surface area contributed by atoms with Crippen LogP contribution in [0.4, 0.5) is 17.5 Å². The Kier molecular flexibility index (Phi) is 8.32. The molecule has 11 nitrogen and oxygen atoms in total. The van der Waals surface area contributed by atoms with Gasteiger partial charge in [-0.15, -0.1) is 0 Å². The van der Waals surface area contributed by atoms with Gasteiger partial charge in [-0.1, -0.05) is 65.2 Å². The van der Waals surface area contributed by atoms with Gasteiger partial charge in [0.1, 0.15) is 0 Å². The third kappa shape index (κ3) is 6.43. The third-order valence-corrected chi connectivity index (χ3v) is 7.93. The van der Waals surface area contributed by atoms with Gasteiger partial charge in [0.25, 0.3) is 11.6 Å². The Morgan fingerprint density at radius 3 is 2.25 bits per heavy atom. The number of non-ortho nitro benzene ring substituents is 1. The molecule has 0 radical (unpaired) electrons. The highest BCUT2D eigenvalue weighted by Crippen LogP contribution is 2.26. The zero-order valence-electron chi connectivity index (χ0n) is 23.8. The van der Waals surface area contributed by atoms with Crippen molar-refractivity contribution in [3.05, 3.63) is 115 Å². The molecule has 1 fully saturated rings. The third-order valence-electron chi connectivity index (χ3n) is 7.49. The van der Waals surface area contributed by atoms with Crippen LogP contribution in [-0.4, -0.2) is 61.4 Å². The van der Waals surface area contributed by atoms with Crippen molar-refractivity contribution in [3.63, 3.8) is 0 Å². The number of carbonyl (C=O) groups is 1. The molecule has 0 saturated carbocycles. The molecule has 6 rings (SSSR count). The zero-order chi connectivity index (χ0) is 30.8. The number of fused-ring (bicyclic) bond motifs is 1. The fourth-order valence-electron chi connectivity index (χ4n) is 5.09. The molecule has 5 aromatic rings. The fourth-order valence-corrected chi connectivity index (χ4v) is 5.62. The smallest absolute Gasteiger partial charge is 0.269 e. The summed E-state index contributed by atoms with van der Waals surface area (Å²) in [6, 6.07) is 19.5. The molecular weight excluding hydrogens is 603 g/mol. The van der Waals surface area contributed by atoms with Crippen LogP contribution in [0.25, 0.3) is 11.2 Å². The number of nitrogens with zero attached hydrogens (tertiary/aromatic N) is 7. The molecule has 1 saturated heterocycles. The van der Waals surface area contributed by atoms with E-state index in [1.165, 1.54) is 17.7 Å². The van der Waals surface area contributed by atoms with Crippen LogP contribution in [0.5, 0.6) is 0 Å². The minimum Gasteiger partial charge on any atom is -0.364 e. The quantitative estimate of drug-likeness (QED) is 0.164. The van der Waals surface area contributed by atoms with Crippen molar-refractivity contribution >= 4 is 57.7 Å². The van der Waals surface area contributed by atoms with Crippen LogP contribution in [0.2, 0.25) is 10.0 Å². The Hall–Kier alpha value is -4.74. The number of hydrogen-bond acceptors (Lipinski definition) is 8. The molecule has 0 bridgehead atoms. The molecule has 0 aliphatic carbocycles. The van der Waals surface area contributed by atoms with E-state index < -0.39 is 4.92 Å². The highest BCUT2D eigenvalue weighted by atomic mass is 35.5. The van der Waals surface area contributed by atoms with Gasteiger partial charge in [-0.05, 0) is 36.2 Å². The summed E-state index contributed by atoms with van der Waals surface area (Å²) in [6.07, 6.45) is 1.70. The molecule has 13 heteroatoms. The van der Waals surface area contributed by atoms with Crippen LogP contribution in [0.3, 0.4) is 0 Å². The number of rotatable bonds is 8. The van der Waals surface area contributed by atoms with Gasteiger partial charge in [-0.2, -0.15) is 9.97 Å². The number of hydrogen-bond donors (Lipinski definition) is 1. The summed E-state index contributed by atoms with van der Waals surface area (Å²) < 4.78 is 1.90. The molecule has 224 valence electrons. The first kappa shape index (κ1) is 29.3. The van der Waals surface area contributed by atoms with Crippen LogP contribution in [0.15, 0.2) is 73.1 Å². The normalized spacial score (nSPS) is 13.3. The van der Waals surface area contributed by atoms with Crippen LogP contribution >= 0.6 is 23.2 Å². The number of benzene rings is 3. The molecule has 3 aromatic carbocycles. The summed E-state index contributed by atoms with van der Waals surface area (Å²) in [5, 5.41) is 15.4. The topological polar surface area (TPSA) is 122 Å². The maximum absolute atomic E-state index is 13.2. The molecule has 44 heavy (non-hydrogen) atoms.